The lowest BCUT2D eigenvalue weighted by molar-refractivity contribution is 0.637. The van der Waals surface area contributed by atoms with Gasteiger partial charge in [0.05, 0.1) is 5.52 Å². The molecule has 1 heterocycles. The van der Waals surface area contributed by atoms with E-state index in [-0.39, 0.29) is 5.82 Å². The quantitative estimate of drug-likeness (QED) is 0.723. The van der Waals surface area contributed by atoms with Gasteiger partial charge in [0.25, 0.3) is 0 Å². The summed E-state index contributed by atoms with van der Waals surface area (Å²) in [6.07, 6.45) is 0.824. The molecule has 2 rings (SSSR count). The molecule has 0 amide bonds. The van der Waals surface area contributed by atoms with Crippen LogP contribution in [-0.2, 0) is 13.5 Å². The SMILES string of the molecule is CC.CC.CCc1nc2c(F)cccc2n1C. The second-order valence-corrected chi connectivity index (χ2v) is 3.05. The fraction of sp³-hybridized carbons (Fsp3) is 0.500. The van der Waals surface area contributed by atoms with Gasteiger partial charge in [-0.1, -0.05) is 40.7 Å². The molecule has 96 valence electrons. The molecule has 0 aliphatic heterocycles. The molecule has 0 aliphatic carbocycles. The van der Waals surface area contributed by atoms with Gasteiger partial charge in [-0.3, -0.25) is 0 Å². The maximum Gasteiger partial charge on any atom is 0.151 e. The Bertz CT molecular complexity index is 447. The number of hydrogen-bond acceptors (Lipinski definition) is 1. The maximum absolute atomic E-state index is 13.2. The molecule has 0 aliphatic rings. The largest absolute Gasteiger partial charge is 0.331 e. The highest BCUT2D eigenvalue weighted by Crippen LogP contribution is 2.17. The zero-order valence-electron chi connectivity index (χ0n) is 11.7. The number of nitrogens with zero attached hydrogens (tertiary/aromatic N) is 2. The van der Waals surface area contributed by atoms with Crippen LogP contribution in [0.15, 0.2) is 18.2 Å². The second kappa shape index (κ2) is 7.82. The molecule has 0 N–H and O–H groups in total. The molecule has 17 heavy (non-hydrogen) atoms. The van der Waals surface area contributed by atoms with Crippen molar-refractivity contribution in [2.75, 3.05) is 0 Å². The average molecular weight is 238 g/mol. The summed E-state index contributed by atoms with van der Waals surface area (Å²) in [6, 6.07) is 5.03. The molecule has 0 spiro atoms. The Hall–Kier alpha value is -1.38. The monoisotopic (exact) mass is 238 g/mol. The van der Waals surface area contributed by atoms with Crippen molar-refractivity contribution in [1.29, 1.82) is 0 Å². The van der Waals surface area contributed by atoms with Crippen LogP contribution in [0.2, 0.25) is 0 Å². The van der Waals surface area contributed by atoms with E-state index in [1.165, 1.54) is 6.07 Å². The van der Waals surface area contributed by atoms with E-state index >= 15 is 0 Å². The van der Waals surface area contributed by atoms with E-state index in [4.69, 9.17) is 0 Å². The Morgan fingerprint density at radius 3 is 2.24 bits per heavy atom. The zero-order valence-corrected chi connectivity index (χ0v) is 11.7. The predicted molar refractivity (Wildman–Crippen MR) is 72.7 cm³/mol. The summed E-state index contributed by atoms with van der Waals surface area (Å²) >= 11 is 0. The summed E-state index contributed by atoms with van der Waals surface area (Å²) < 4.78 is 15.2. The smallest absolute Gasteiger partial charge is 0.151 e. The number of benzene rings is 1. The predicted octanol–water partition coefficient (Wildman–Crippen LogP) is 4.33. The second-order valence-electron chi connectivity index (χ2n) is 3.05. The van der Waals surface area contributed by atoms with Crippen LogP contribution in [0.1, 0.15) is 40.4 Å². The fourth-order valence-corrected chi connectivity index (χ4v) is 1.54. The van der Waals surface area contributed by atoms with Crippen LogP contribution < -0.4 is 0 Å². The van der Waals surface area contributed by atoms with Crippen molar-refractivity contribution < 1.29 is 4.39 Å². The number of hydrogen-bond donors (Lipinski definition) is 0. The molecule has 0 fully saturated rings. The Labute approximate surface area is 103 Å². The molecule has 0 radical (unpaired) electrons. The van der Waals surface area contributed by atoms with Crippen molar-refractivity contribution in [3.63, 3.8) is 0 Å². The summed E-state index contributed by atoms with van der Waals surface area (Å²) in [4.78, 5) is 4.22. The Morgan fingerprint density at radius 1 is 1.18 bits per heavy atom. The molecular formula is C14H23FN2. The minimum Gasteiger partial charge on any atom is -0.331 e. The third-order valence-electron chi connectivity index (χ3n) is 2.27. The lowest BCUT2D eigenvalue weighted by atomic mass is 10.3. The van der Waals surface area contributed by atoms with Gasteiger partial charge in [0, 0.05) is 13.5 Å². The summed E-state index contributed by atoms with van der Waals surface area (Å²) in [7, 11) is 1.91. The molecule has 0 unspecified atom stereocenters. The number of imidazole rings is 1. The number of halogens is 1. The molecule has 2 aromatic rings. The van der Waals surface area contributed by atoms with Gasteiger partial charge >= 0.3 is 0 Å². The Kier molecular flexibility index (Phi) is 7.19. The number of aryl methyl sites for hydroxylation is 2. The average Bonchev–Trinajstić information content (AvgIpc) is 2.73. The van der Waals surface area contributed by atoms with Gasteiger partial charge in [0.2, 0.25) is 0 Å². The summed E-state index contributed by atoms with van der Waals surface area (Å²) in [6.45, 7) is 10.0. The van der Waals surface area contributed by atoms with Crippen molar-refractivity contribution >= 4 is 11.0 Å². The van der Waals surface area contributed by atoms with Crippen molar-refractivity contribution in [1.82, 2.24) is 9.55 Å². The first-order chi connectivity index (χ1) is 8.24. The molecule has 1 aromatic heterocycles. The highest BCUT2D eigenvalue weighted by molar-refractivity contribution is 5.76. The molecule has 2 nitrogen and oxygen atoms in total. The standard InChI is InChI=1S/C10H11FN2.2C2H6/c1-3-9-12-10-7(11)5-4-6-8(10)13(9)2;2*1-2/h4-6H,3H2,1-2H3;2*1-2H3. The first-order valence-electron chi connectivity index (χ1n) is 6.34. The van der Waals surface area contributed by atoms with Crippen molar-refractivity contribution in [3.8, 4) is 0 Å². The van der Waals surface area contributed by atoms with Crippen LogP contribution in [0, 0.1) is 5.82 Å². The van der Waals surface area contributed by atoms with Crippen LogP contribution in [0.25, 0.3) is 11.0 Å². The van der Waals surface area contributed by atoms with E-state index in [1.54, 1.807) is 6.07 Å². The van der Waals surface area contributed by atoms with Crippen LogP contribution in [-0.4, -0.2) is 9.55 Å². The number of para-hydroxylation sites is 1. The van der Waals surface area contributed by atoms with E-state index in [1.807, 2.05) is 52.3 Å². The van der Waals surface area contributed by atoms with Crippen LogP contribution in [0.5, 0.6) is 0 Å². The lowest BCUT2D eigenvalue weighted by Crippen LogP contribution is -1.94. The molecule has 0 saturated carbocycles. The first kappa shape index (κ1) is 15.6. The topological polar surface area (TPSA) is 17.8 Å². The number of rotatable bonds is 1. The van der Waals surface area contributed by atoms with Gasteiger partial charge in [0.15, 0.2) is 5.82 Å². The van der Waals surface area contributed by atoms with Crippen molar-refractivity contribution in [2.24, 2.45) is 7.05 Å². The summed E-state index contributed by atoms with van der Waals surface area (Å²) in [5.41, 5.74) is 1.33. The van der Waals surface area contributed by atoms with E-state index in [0.717, 1.165) is 17.8 Å². The van der Waals surface area contributed by atoms with Crippen molar-refractivity contribution in [3.05, 3.63) is 29.8 Å². The number of aromatic nitrogens is 2. The Balaban J connectivity index is 0.000000581. The maximum atomic E-state index is 13.2. The van der Waals surface area contributed by atoms with Crippen molar-refractivity contribution in [2.45, 2.75) is 41.0 Å². The molecule has 0 atom stereocenters. The lowest BCUT2D eigenvalue weighted by Gasteiger charge is -1.97. The van der Waals surface area contributed by atoms with Gasteiger partial charge in [-0.2, -0.15) is 0 Å². The normalized spacial score (nSPS) is 9.12. The Morgan fingerprint density at radius 2 is 1.76 bits per heavy atom. The van der Waals surface area contributed by atoms with Gasteiger partial charge in [-0.25, -0.2) is 9.37 Å². The first-order valence-corrected chi connectivity index (χ1v) is 6.34. The van der Waals surface area contributed by atoms with Crippen LogP contribution in [0.3, 0.4) is 0 Å². The minimum atomic E-state index is -0.243. The molecular weight excluding hydrogens is 215 g/mol. The zero-order chi connectivity index (χ0) is 13.4. The third-order valence-corrected chi connectivity index (χ3v) is 2.27. The third kappa shape index (κ3) is 3.29. The van der Waals surface area contributed by atoms with Gasteiger partial charge < -0.3 is 4.57 Å². The number of fused-ring (bicyclic) bond motifs is 1. The highest BCUT2D eigenvalue weighted by Gasteiger charge is 2.08. The minimum absolute atomic E-state index is 0.243. The van der Waals surface area contributed by atoms with Gasteiger partial charge in [-0.15, -0.1) is 0 Å². The van der Waals surface area contributed by atoms with Crippen LogP contribution in [0.4, 0.5) is 4.39 Å². The summed E-state index contributed by atoms with van der Waals surface area (Å²) in [5.74, 6) is 0.674. The van der Waals surface area contributed by atoms with E-state index < -0.39 is 0 Å². The molecule has 3 heteroatoms. The van der Waals surface area contributed by atoms with Crippen LogP contribution >= 0.6 is 0 Å². The summed E-state index contributed by atoms with van der Waals surface area (Å²) in [5, 5.41) is 0. The highest BCUT2D eigenvalue weighted by atomic mass is 19.1. The van der Waals surface area contributed by atoms with E-state index in [9.17, 15) is 4.39 Å². The van der Waals surface area contributed by atoms with Gasteiger partial charge in [-0.05, 0) is 12.1 Å². The van der Waals surface area contributed by atoms with E-state index in [0.29, 0.717) is 5.52 Å². The fourth-order valence-electron chi connectivity index (χ4n) is 1.54. The molecule has 0 saturated heterocycles. The van der Waals surface area contributed by atoms with Gasteiger partial charge in [0.1, 0.15) is 11.3 Å². The van der Waals surface area contributed by atoms with E-state index in [2.05, 4.69) is 4.98 Å². The molecule has 1 aromatic carbocycles. The molecule has 0 bridgehead atoms.